The van der Waals surface area contributed by atoms with E-state index < -0.39 is 0 Å². The molecule has 1 saturated heterocycles. The highest BCUT2D eigenvalue weighted by Gasteiger charge is 2.29. The monoisotopic (exact) mass is 409 g/mol. The van der Waals surface area contributed by atoms with Crippen molar-refractivity contribution in [3.63, 3.8) is 0 Å². The van der Waals surface area contributed by atoms with Crippen molar-refractivity contribution < 1.29 is 23.9 Å². The van der Waals surface area contributed by atoms with Crippen LogP contribution in [0.3, 0.4) is 0 Å². The molecule has 1 atom stereocenters. The van der Waals surface area contributed by atoms with Crippen LogP contribution in [0, 0.1) is 0 Å². The molecule has 2 heterocycles. The second-order valence-corrected chi connectivity index (χ2v) is 7.17. The first-order chi connectivity index (χ1) is 14.6. The Hall–Kier alpha value is -3.39. The van der Waals surface area contributed by atoms with Gasteiger partial charge in [-0.25, -0.2) is 0 Å². The van der Waals surface area contributed by atoms with E-state index in [1.807, 2.05) is 12.1 Å². The maximum absolute atomic E-state index is 12.4. The fourth-order valence-corrected chi connectivity index (χ4v) is 3.56. The standard InChI is InChI=1S/C22H23N3O5/c26-20(13-19-17-3-1-2-4-18(17)22(28)24-19)23-15-5-7-16(8-6-15)30-14-21(27)25-9-11-29-12-10-25/h1-8,19H,9-14H2,(H,23,26)(H,24,28). The van der Waals surface area contributed by atoms with Gasteiger partial charge < -0.3 is 25.0 Å². The largest absolute Gasteiger partial charge is 0.484 e. The summed E-state index contributed by atoms with van der Waals surface area (Å²) in [6.45, 7) is 2.23. The van der Waals surface area contributed by atoms with Gasteiger partial charge in [-0.2, -0.15) is 0 Å². The number of amides is 3. The van der Waals surface area contributed by atoms with Crippen molar-refractivity contribution in [3.05, 3.63) is 59.7 Å². The third-order valence-corrected chi connectivity index (χ3v) is 5.14. The molecule has 0 spiro atoms. The lowest BCUT2D eigenvalue weighted by Gasteiger charge is -2.26. The molecule has 3 amide bonds. The second kappa shape index (κ2) is 8.96. The molecule has 1 unspecified atom stereocenters. The van der Waals surface area contributed by atoms with Crippen LogP contribution in [0.1, 0.15) is 28.4 Å². The van der Waals surface area contributed by atoms with Crippen molar-refractivity contribution in [2.45, 2.75) is 12.5 Å². The van der Waals surface area contributed by atoms with Crippen molar-refractivity contribution >= 4 is 23.4 Å². The quantitative estimate of drug-likeness (QED) is 0.758. The van der Waals surface area contributed by atoms with Gasteiger partial charge in [-0.3, -0.25) is 14.4 Å². The number of fused-ring (bicyclic) bond motifs is 1. The molecular weight excluding hydrogens is 386 g/mol. The molecule has 30 heavy (non-hydrogen) atoms. The molecule has 0 aromatic heterocycles. The van der Waals surface area contributed by atoms with Crippen molar-refractivity contribution in [2.24, 2.45) is 0 Å². The highest BCUT2D eigenvalue weighted by molar-refractivity contribution is 6.00. The number of morpholine rings is 1. The summed E-state index contributed by atoms with van der Waals surface area (Å²) in [6, 6.07) is 13.8. The molecular formula is C22H23N3O5. The Morgan fingerprint density at radius 1 is 1.10 bits per heavy atom. The van der Waals surface area contributed by atoms with E-state index in [-0.39, 0.29) is 36.8 Å². The average Bonchev–Trinajstić information content (AvgIpc) is 3.09. The minimum atomic E-state index is -0.331. The van der Waals surface area contributed by atoms with E-state index in [0.717, 1.165) is 5.56 Å². The topological polar surface area (TPSA) is 97.0 Å². The van der Waals surface area contributed by atoms with E-state index in [4.69, 9.17) is 9.47 Å². The highest BCUT2D eigenvalue weighted by atomic mass is 16.5. The number of carbonyl (C=O) groups is 3. The molecule has 0 radical (unpaired) electrons. The Kier molecular flexibility index (Phi) is 5.94. The van der Waals surface area contributed by atoms with Crippen LogP contribution in [0.5, 0.6) is 5.75 Å². The molecule has 2 aliphatic rings. The van der Waals surface area contributed by atoms with Crippen LogP contribution in [0.25, 0.3) is 0 Å². The summed E-state index contributed by atoms with van der Waals surface area (Å²) < 4.78 is 10.8. The molecule has 1 fully saturated rings. The van der Waals surface area contributed by atoms with Crippen molar-refractivity contribution in [1.82, 2.24) is 10.2 Å². The Morgan fingerprint density at radius 2 is 1.83 bits per heavy atom. The maximum Gasteiger partial charge on any atom is 0.260 e. The zero-order valence-electron chi connectivity index (χ0n) is 16.4. The Morgan fingerprint density at radius 3 is 2.60 bits per heavy atom. The molecule has 2 aromatic carbocycles. The third-order valence-electron chi connectivity index (χ3n) is 5.14. The molecule has 4 rings (SSSR count). The van der Waals surface area contributed by atoms with Gasteiger partial charge in [0.1, 0.15) is 5.75 Å². The van der Waals surface area contributed by atoms with E-state index in [2.05, 4.69) is 10.6 Å². The van der Waals surface area contributed by atoms with Crippen LogP contribution in [0.15, 0.2) is 48.5 Å². The maximum atomic E-state index is 12.4. The van der Waals surface area contributed by atoms with Gasteiger partial charge in [-0.15, -0.1) is 0 Å². The van der Waals surface area contributed by atoms with Gasteiger partial charge >= 0.3 is 0 Å². The number of anilines is 1. The fourth-order valence-electron chi connectivity index (χ4n) is 3.56. The summed E-state index contributed by atoms with van der Waals surface area (Å²) in [6.07, 6.45) is 0.148. The number of nitrogens with one attached hydrogen (secondary N) is 2. The summed E-state index contributed by atoms with van der Waals surface area (Å²) in [5.74, 6) is 0.117. The van der Waals surface area contributed by atoms with Gasteiger partial charge in [0.15, 0.2) is 6.61 Å². The molecule has 2 N–H and O–H groups in total. The number of hydrogen-bond acceptors (Lipinski definition) is 5. The van der Waals surface area contributed by atoms with Crippen LogP contribution in [0.4, 0.5) is 5.69 Å². The van der Waals surface area contributed by atoms with Crippen molar-refractivity contribution in [1.29, 1.82) is 0 Å². The number of hydrogen-bond donors (Lipinski definition) is 2. The van der Waals surface area contributed by atoms with Crippen LogP contribution in [-0.2, 0) is 14.3 Å². The molecule has 2 aliphatic heterocycles. The molecule has 2 aromatic rings. The summed E-state index contributed by atoms with van der Waals surface area (Å²) >= 11 is 0. The Labute approximate surface area is 174 Å². The predicted octanol–water partition coefficient (Wildman–Crippen LogP) is 1.74. The van der Waals surface area contributed by atoms with E-state index >= 15 is 0 Å². The smallest absolute Gasteiger partial charge is 0.260 e. The summed E-state index contributed by atoms with van der Waals surface area (Å²) in [5, 5.41) is 5.66. The van der Waals surface area contributed by atoms with Crippen LogP contribution in [-0.4, -0.2) is 55.5 Å². The van der Waals surface area contributed by atoms with E-state index in [0.29, 0.717) is 43.3 Å². The molecule has 8 heteroatoms. The summed E-state index contributed by atoms with van der Waals surface area (Å²) in [7, 11) is 0. The van der Waals surface area contributed by atoms with Crippen LogP contribution >= 0.6 is 0 Å². The first kappa shape index (κ1) is 19.9. The normalized spacial score (nSPS) is 17.8. The second-order valence-electron chi connectivity index (χ2n) is 7.17. The van der Waals surface area contributed by atoms with E-state index in [9.17, 15) is 14.4 Å². The lowest BCUT2D eigenvalue weighted by Crippen LogP contribution is -2.42. The van der Waals surface area contributed by atoms with Crippen LogP contribution < -0.4 is 15.4 Å². The number of ether oxygens (including phenoxy) is 2. The minimum Gasteiger partial charge on any atom is -0.484 e. The number of rotatable bonds is 6. The zero-order valence-corrected chi connectivity index (χ0v) is 16.4. The lowest BCUT2D eigenvalue weighted by atomic mass is 10.0. The van der Waals surface area contributed by atoms with Gasteiger partial charge in [-0.05, 0) is 35.9 Å². The van der Waals surface area contributed by atoms with Gasteiger partial charge in [0.25, 0.3) is 11.8 Å². The first-order valence-electron chi connectivity index (χ1n) is 9.88. The molecule has 0 bridgehead atoms. The molecule has 156 valence electrons. The van der Waals surface area contributed by atoms with Gasteiger partial charge in [-0.1, -0.05) is 18.2 Å². The van der Waals surface area contributed by atoms with Crippen LogP contribution in [0.2, 0.25) is 0 Å². The SMILES string of the molecule is O=C(CC1NC(=O)c2ccccc21)Nc1ccc(OCC(=O)N2CCOCC2)cc1. The predicted molar refractivity (Wildman–Crippen MR) is 109 cm³/mol. The number of benzene rings is 2. The number of carbonyl (C=O) groups excluding carboxylic acids is 3. The van der Waals surface area contributed by atoms with Crippen molar-refractivity contribution in [2.75, 3.05) is 38.2 Å². The number of nitrogens with zero attached hydrogens (tertiary/aromatic N) is 1. The van der Waals surface area contributed by atoms with Gasteiger partial charge in [0.2, 0.25) is 5.91 Å². The zero-order chi connectivity index (χ0) is 20.9. The summed E-state index contributed by atoms with van der Waals surface area (Å²) in [4.78, 5) is 38.2. The summed E-state index contributed by atoms with van der Waals surface area (Å²) in [5.41, 5.74) is 2.07. The highest BCUT2D eigenvalue weighted by Crippen LogP contribution is 2.28. The van der Waals surface area contributed by atoms with Crippen molar-refractivity contribution in [3.8, 4) is 5.75 Å². The molecule has 0 aliphatic carbocycles. The fraction of sp³-hybridized carbons (Fsp3) is 0.318. The van der Waals surface area contributed by atoms with E-state index in [1.54, 1.807) is 41.3 Å². The van der Waals surface area contributed by atoms with E-state index in [1.165, 1.54) is 0 Å². The molecule has 8 nitrogen and oxygen atoms in total. The van der Waals surface area contributed by atoms with Gasteiger partial charge in [0.05, 0.1) is 25.7 Å². The Bertz CT molecular complexity index is 938. The lowest BCUT2D eigenvalue weighted by molar-refractivity contribution is -0.137. The third kappa shape index (κ3) is 4.60. The minimum absolute atomic E-state index is 0.0352. The Balaban J connectivity index is 1.27. The first-order valence-corrected chi connectivity index (χ1v) is 9.88. The van der Waals surface area contributed by atoms with Gasteiger partial charge in [0, 0.05) is 24.3 Å². The molecule has 0 saturated carbocycles. The average molecular weight is 409 g/mol.